The van der Waals surface area contributed by atoms with Crippen molar-refractivity contribution >= 4 is 28.4 Å². The third-order valence-corrected chi connectivity index (χ3v) is 6.63. The van der Waals surface area contributed by atoms with Crippen LogP contribution in [-0.2, 0) is 17.6 Å². The number of primary amides is 1. The second-order valence-corrected chi connectivity index (χ2v) is 8.99. The Morgan fingerprint density at radius 1 is 1.17 bits per heavy atom. The molecule has 35 heavy (non-hydrogen) atoms. The second-order valence-electron chi connectivity index (χ2n) is 8.58. The average Bonchev–Trinajstić information content (AvgIpc) is 3.27. The Labute approximate surface area is 206 Å². The van der Waals surface area contributed by atoms with Crippen LogP contribution in [-0.4, -0.2) is 29.6 Å². The van der Waals surface area contributed by atoms with E-state index < -0.39 is 11.8 Å². The molecule has 0 aliphatic carbocycles. The van der Waals surface area contributed by atoms with Gasteiger partial charge in [0.05, 0.1) is 17.8 Å². The lowest BCUT2D eigenvalue weighted by atomic mass is 9.96. The largest absolute Gasteiger partial charge is 0.494 e. The van der Waals surface area contributed by atoms with Gasteiger partial charge in [-0.15, -0.1) is 0 Å². The first-order valence-electron chi connectivity index (χ1n) is 11.2. The highest BCUT2D eigenvalue weighted by Gasteiger charge is 2.32. The predicted octanol–water partition coefficient (Wildman–Crippen LogP) is 5.15. The fraction of sp³-hybridized carbons (Fsp3) is 0.222. The summed E-state index contributed by atoms with van der Waals surface area (Å²) in [7, 11) is 1.62. The number of carbonyl (C=O) groups excluding carboxylic acids is 1. The SMILES string of the molecule is COc1cc(CCc2cc3c(c(-c4ccc(F)cc4)n2)OCC3C(N)=O)cc2cc(Cl)c(C)nc12. The minimum atomic E-state index is -0.553. The number of nitrogens with two attached hydrogens (primary N) is 1. The molecule has 1 aliphatic heterocycles. The van der Waals surface area contributed by atoms with Crippen LogP contribution in [0.4, 0.5) is 4.39 Å². The molecule has 0 radical (unpaired) electrons. The topological polar surface area (TPSA) is 87.3 Å². The molecule has 2 aromatic heterocycles. The van der Waals surface area contributed by atoms with Crippen molar-refractivity contribution in [2.45, 2.75) is 25.7 Å². The van der Waals surface area contributed by atoms with E-state index in [1.54, 1.807) is 19.2 Å². The number of nitrogens with zero attached hydrogens (tertiary/aromatic N) is 2. The van der Waals surface area contributed by atoms with Crippen LogP contribution in [0, 0.1) is 12.7 Å². The van der Waals surface area contributed by atoms with Gasteiger partial charge in [0.15, 0.2) is 0 Å². The number of halogens is 2. The van der Waals surface area contributed by atoms with Gasteiger partial charge in [0.2, 0.25) is 5.91 Å². The number of carbonyl (C=O) groups is 1. The number of amides is 1. The minimum Gasteiger partial charge on any atom is -0.494 e. The van der Waals surface area contributed by atoms with E-state index in [2.05, 4.69) is 4.98 Å². The molecule has 8 heteroatoms. The molecule has 4 aromatic rings. The molecule has 5 rings (SSSR count). The number of benzene rings is 2. The summed E-state index contributed by atoms with van der Waals surface area (Å²) >= 11 is 6.30. The van der Waals surface area contributed by atoms with Gasteiger partial charge < -0.3 is 15.2 Å². The highest BCUT2D eigenvalue weighted by Crippen LogP contribution is 2.41. The molecule has 0 bridgehead atoms. The van der Waals surface area contributed by atoms with Gasteiger partial charge in [-0.25, -0.2) is 14.4 Å². The third kappa shape index (κ3) is 4.39. The number of hydrogen-bond donors (Lipinski definition) is 1. The molecule has 0 fully saturated rings. The second kappa shape index (κ2) is 9.15. The number of hydrogen-bond acceptors (Lipinski definition) is 5. The first-order chi connectivity index (χ1) is 16.8. The average molecular weight is 492 g/mol. The summed E-state index contributed by atoms with van der Waals surface area (Å²) in [5.41, 5.74) is 10.9. The van der Waals surface area contributed by atoms with Crippen LogP contribution in [0.5, 0.6) is 11.5 Å². The molecule has 2 aromatic carbocycles. The van der Waals surface area contributed by atoms with E-state index >= 15 is 0 Å². The van der Waals surface area contributed by atoms with Gasteiger partial charge in [-0.05, 0) is 73.9 Å². The van der Waals surface area contributed by atoms with E-state index in [9.17, 15) is 9.18 Å². The monoisotopic (exact) mass is 491 g/mol. The fourth-order valence-electron chi connectivity index (χ4n) is 4.40. The molecular formula is C27H23ClFN3O3. The number of methoxy groups -OCH3 is 1. The summed E-state index contributed by atoms with van der Waals surface area (Å²) in [6.45, 7) is 2.02. The molecular weight excluding hydrogens is 469 g/mol. The van der Waals surface area contributed by atoms with Crippen LogP contribution in [0.3, 0.4) is 0 Å². The minimum absolute atomic E-state index is 0.166. The fourth-order valence-corrected chi connectivity index (χ4v) is 4.55. The summed E-state index contributed by atoms with van der Waals surface area (Å²) in [5, 5.41) is 1.49. The number of aryl methyl sites for hydroxylation is 3. The van der Waals surface area contributed by atoms with Crippen molar-refractivity contribution in [2.24, 2.45) is 5.73 Å². The van der Waals surface area contributed by atoms with Crippen molar-refractivity contribution in [2.75, 3.05) is 13.7 Å². The zero-order valence-electron chi connectivity index (χ0n) is 19.3. The van der Waals surface area contributed by atoms with Crippen molar-refractivity contribution in [3.63, 3.8) is 0 Å². The zero-order chi connectivity index (χ0) is 24.7. The van der Waals surface area contributed by atoms with Gasteiger partial charge in [-0.3, -0.25) is 4.79 Å². The number of pyridine rings is 2. The van der Waals surface area contributed by atoms with Crippen molar-refractivity contribution < 1.29 is 18.7 Å². The summed E-state index contributed by atoms with van der Waals surface area (Å²) < 4.78 is 24.9. The third-order valence-electron chi connectivity index (χ3n) is 6.25. The maximum Gasteiger partial charge on any atom is 0.228 e. The van der Waals surface area contributed by atoms with Gasteiger partial charge in [0.1, 0.15) is 41.1 Å². The molecule has 1 amide bonds. The smallest absolute Gasteiger partial charge is 0.228 e. The predicted molar refractivity (Wildman–Crippen MR) is 133 cm³/mol. The van der Waals surface area contributed by atoms with Crippen LogP contribution >= 0.6 is 11.6 Å². The lowest BCUT2D eigenvalue weighted by Gasteiger charge is -2.13. The number of aromatic nitrogens is 2. The van der Waals surface area contributed by atoms with Gasteiger partial charge in [0.25, 0.3) is 0 Å². The number of fused-ring (bicyclic) bond motifs is 2. The van der Waals surface area contributed by atoms with E-state index in [0.29, 0.717) is 46.2 Å². The van der Waals surface area contributed by atoms with Gasteiger partial charge in [0, 0.05) is 22.2 Å². The van der Waals surface area contributed by atoms with Crippen LogP contribution in [0.15, 0.2) is 48.5 Å². The summed E-state index contributed by atoms with van der Waals surface area (Å²) in [6.07, 6.45) is 1.25. The molecule has 1 unspecified atom stereocenters. The zero-order valence-corrected chi connectivity index (χ0v) is 20.0. The van der Waals surface area contributed by atoms with Crippen LogP contribution in [0.1, 0.15) is 28.4 Å². The van der Waals surface area contributed by atoms with E-state index in [0.717, 1.165) is 27.9 Å². The molecule has 178 valence electrons. The maximum absolute atomic E-state index is 13.5. The highest BCUT2D eigenvalue weighted by molar-refractivity contribution is 6.31. The molecule has 0 saturated carbocycles. The normalized spacial score (nSPS) is 14.6. The lowest BCUT2D eigenvalue weighted by molar-refractivity contribution is -0.119. The number of ether oxygens (including phenoxy) is 2. The Kier molecular flexibility index (Phi) is 6.03. The Morgan fingerprint density at radius 3 is 2.66 bits per heavy atom. The van der Waals surface area contributed by atoms with E-state index in [-0.39, 0.29) is 12.4 Å². The maximum atomic E-state index is 13.5. The Bertz CT molecular complexity index is 1460. The van der Waals surface area contributed by atoms with E-state index in [1.807, 2.05) is 31.2 Å². The molecule has 0 spiro atoms. The van der Waals surface area contributed by atoms with Crippen molar-refractivity contribution in [3.8, 4) is 22.8 Å². The Morgan fingerprint density at radius 2 is 1.94 bits per heavy atom. The molecule has 1 aliphatic rings. The lowest BCUT2D eigenvalue weighted by Crippen LogP contribution is -2.22. The van der Waals surface area contributed by atoms with Gasteiger partial charge >= 0.3 is 0 Å². The first-order valence-corrected chi connectivity index (χ1v) is 11.6. The summed E-state index contributed by atoms with van der Waals surface area (Å²) in [4.78, 5) is 21.4. The van der Waals surface area contributed by atoms with Gasteiger partial charge in [-0.1, -0.05) is 11.6 Å². The van der Waals surface area contributed by atoms with Crippen molar-refractivity contribution in [1.29, 1.82) is 0 Å². The standard InChI is InChI=1S/C27H23ClFN3O3/c1-14-22(28)11-17-9-15(10-23(34-2)24(17)31-14)3-8-19-12-20-21(27(30)33)13-35-26(20)25(32-19)16-4-6-18(29)7-5-16/h4-7,9-12,21H,3,8,13H2,1-2H3,(H2,30,33). The van der Waals surface area contributed by atoms with E-state index in [1.165, 1.54) is 12.1 Å². The first kappa shape index (κ1) is 23.1. The quantitative estimate of drug-likeness (QED) is 0.403. The summed E-state index contributed by atoms with van der Waals surface area (Å²) in [6, 6.07) is 13.8. The van der Waals surface area contributed by atoms with Crippen molar-refractivity contribution in [3.05, 3.63) is 81.9 Å². The summed E-state index contributed by atoms with van der Waals surface area (Å²) in [5.74, 6) is -0.151. The number of rotatable bonds is 6. The molecule has 1 atom stereocenters. The van der Waals surface area contributed by atoms with E-state index in [4.69, 9.17) is 31.8 Å². The molecule has 2 N–H and O–H groups in total. The Balaban J connectivity index is 1.52. The van der Waals surface area contributed by atoms with Gasteiger partial charge in [-0.2, -0.15) is 0 Å². The highest BCUT2D eigenvalue weighted by atomic mass is 35.5. The van der Waals surface area contributed by atoms with Crippen LogP contribution in [0.25, 0.3) is 22.2 Å². The molecule has 6 nitrogen and oxygen atoms in total. The molecule has 3 heterocycles. The Hall–Kier alpha value is -3.71. The van der Waals surface area contributed by atoms with Crippen LogP contribution in [0.2, 0.25) is 5.02 Å². The van der Waals surface area contributed by atoms with Crippen LogP contribution < -0.4 is 15.2 Å². The molecule has 0 saturated heterocycles. The van der Waals surface area contributed by atoms with Crippen molar-refractivity contribution in [1.82, 2.24) is 9.97 Å².